The predicted octanol–water partition coefficient (Wildman–Crippen LogP) is 8.09. The number of hydrogen-bond acceptors (Lipinski definition) is 4. The Morgan fingerprint density at radius 2 is 0.927 bits per heavy atom. The molecule has 0 unspecified atom stereocenters. The molecule has 41 heavy (non-hydrogen) atoms. The number of para-hydroxylation sites is 2. The number of nitrogens with zero attached hydrogens (tertiary/aromatic N) is 2. The van der Waals surface area contributed by atoms with Gasteiger partial charge in [0.25, 0.3) is 6.33 Å². The molecule has 6 heteroatoms. The van der Waals surface area contributed by atoms with Crippen LogP contribution in [0.5, 0.6) is 23.0 Å². The van der Waals surface area contributed by atoms with E-state index in [-0.39, 0.29) is 0 Å². The van der Waals surface area contributed by atoms with Gasteiger partial charge in [0.05, 0.1) is 26.4 Å². The minimum Gasteiger partial charge on any atom is -0.489 e. The van der Waals surface area contributed by atoms with E-state index in [2.05, 4.69) is 52.2 Å². The van der Waals surface area contributed by atoms with E-state index in [9.17, 15) is 0 Å². The van der Waals surface area contributed by atoms with Crippen LogP contribution >= 0.6 is 0 Å². The van der Waals surface area contributed by atoms with Gasteiger partial charge >= 0.3 is 0 Å². The van der Waals surface area contributed by atoms with Gasteiger partial charge in [-0.2, -0.15) is 9.13 Å². The van der Waals surface area contributed by atoms with Crippen molar-refractivity contribution in [1.29, 1.82) is 0 Å². The summed E-state index contributed by atoms with van der Waals surface area (Å²) in [6.45, 7) is 2.69. The molecule has 6 nitrogen and oxygen atoms in total. The lowest BCUT2D eigenvalue weighted by atomic mass is 10.2. The Morgan fingerprint density at radius 1 is 0.512 bits per heavy atom. The van der Waals surface area contributed by atoms with E-state index < -0.39 is 0 Å². The van der Waals surface area contributed by atoms with Gasteiger partial charge in [-0.05, 0) is 101 Å². The van der Waals surface area contributed by atoms with Gasteiger partial charge in [-0.3, -0.25) is 0 Å². The van der Waals surface area contributed by atoms with E-state index >= 15 is 0 Å². The molecule has 0 saturated heterocycles. The summed E-state index contributed by atoms with van der Waals surface area (Å²) in [6, 6.07) is 12.2. The van der Waals surface area contributed by atoms with Gasteiger partial charge in [0.2, 0.25) is 11.4 Å². The average molecular weight is 558 g/mol. The number of hydrogen-bond donors (Lipinski definition) is 0. The second kappa shape index (κ2) is 15.9. The molecule has 0 amide bonds. The summed E-state index contributed by atoms with van der Waals surface area (Å²) in [5.74, 6) is 3.31. The number of benzene rings is 2. The summed E-state index contributed by atoms with van der Waals surface area (Å²) < 4.78 is 29.7. The smallest absolute Gasteiger partial charge is 0.254 e. The molecule has 0 saturated carbocycles. The molecule has 1 aromatic heterocycles. The van der Waals surface area contributed by atoms with Crippen LogP contribution in [-0.4, -0.2) is 31.0 Å². The standard InChI is InChI=1S/C35H45N2O4/c1-2-6-10-14-26-39-31-20-18-22-33-35(31)37-24-23-36(29-37)34-30(38-25-13-9-5-1)19-17-21-32(34)40-27-15-11-7-3-4-8-12-16-28-41-33/h1-4,17-24,29H,5-16,25-28H2/q+1/b2-1-,4-3-. The summed E-state index contributed by atoms with van der Waals surface area (Å²) in [5.41, 5.74) is 1.84. The molecule has 0 aliphatic carbocycles. The molecule has 2 aliphatic heterocycles. The fourth-order valence-corrected chi connectivity index (χ4v) is 5.26. The van der Waals surface area contributed by atoms with E-state index in [1.54, 1.807) is 0 Å². The van der Waals surface area contributed by atoms with E-state index in [1.165, 1.54) is 0 Å². The zero-order valence-electron chi connectivity index (χ0n) is 24.3. The molecule has 2 aromatic carbocycles. The van der Waals surface area contributed by atoms with Gasteiger partial charge in [-0.15, -0.1) is 0 Å². The molecular weight excluding hydrogens is 512 g/mol. The quantitative estimate of drug-likeness (QED) is 0.207. The minimum atomic E-state index is 0.673. The lowest BCUT2D eigenvalue weighted by molar-refractivity contribution is -0.595. The highest BCUT2D eigenvalue weighted by atomic mass is 16.5. The minimum absolute atomic E-state index is 0.673. The number of rotatable bonds is 0. The second-order valence-corrected chi connectivity index (χ2v) is 10.8. The second-order valence-electron chi connectivity index (χ2n) is 10.8. The van der Waals surface area contributed by atoms with Crippen molar-refractivity contribution in [3.63, 3.8) is 0 Å². The van der Waals surface area contributed by atoms with Crippen molar-refractivity contribution in [3.05, 3.63) is 79.4 Å². The summed E-state index contributed by atoms with van der Waals surface area (Å²) in [4.78, 5) is 0. The fraction of sp³-hybridized carbons (Fsp3) is 0.457. The molecule has 5 rings (SSSR count). The Kier molecular flexibility index (Phi) is 11.2. The molecule has 4 bridgehead atoms. The molecule has 0 N–H and O–H groups in total. The van der Waals surface area contributed by atoms with Crippen LogP contribution < -0.4 is 23.5 Å². The van der Waals surface area contributed by atoms with Crippen LogP contribution in [0.2, 0.25) is 0 Å². The first kappa shape index (κ1) is 28.8. The van der Waals surface area contributed by atoms with E-state index in [0.717, 1.165) is 111 Å². The summed E-state index contributed by atoms with van der Waals surface area (Å²) in [5, 5.41) is 0. The van der Waals surface area contributed by atoms with E-state index in [4.69, 9.17) is 18.9 Å². The Labute approximate surface area is 245 Å². The van der Waals surface area contributed by atoms with Crippen LogP contribution in [-0.2, 0) is 0 Å². The van der Waals surface area contributed by atoms with Crippen molar-refractivity contribution in [2.24, 2.45) is 0 Å². The van der Waals surface area contributed by atoms with Crippen molar-refractivity contribution in [3.8, 4) is 34.4 Å². The van der Waals surface area contributed by atoms with Crippen LogP contribution in [0.4, 0.5) is 0 Å². The first-order valence-corrected chi connectivity index (χ1v) is 15.6. The monoisotopic (exact) mass is 557 g/mol. The van der Waals surface area contributed by atoms with E-state index in [1.807, 2.05) is 36.4 Å². The molecule has 0 radical (unpaired) electrons. The Morgan fingerprint density at radius 3 is 1.39 bits per heavy atom. The Hall–Kier alpha value is -3.67. The van der Waals surface area contributed by atoms with E-state index in [0.29, 0.717) is 26.4 Å². The zero-order chi connectivity index (χ0) is 28.0. The van der Waals surface area contributed by atoms with Crippen molar-refractivity contribution in [1.82, 2.24) is 4.57 Å². The van der Waals surface area contributed by atoms with Crippen molar-refractivity contribution >= 4 is 0 Å². The lowest BCUT2D eigenvalue weighted by Crippen LogP contribution is -2.29. The normalized spacial score (nSPS) is 19.3. The molecule has 0 atom stereocenters. The largest absolute Gasteiger partial charge is 0.489 e. The van der Waals surface area contributed by atoms with Gasteiger partial charge in [0, 0.05) is 0 Å². The number of aromatic nitrogens is 2. The molecule has 0 spiro atoms. The number of imidazole rings is 1. The van der Waals surface area contributed by atoms with Gasteiger partial charge in [-0.25, -0.2) is 0 Å². The number of allylic oxidation sites excluding steroid dienone is 4. The first-order chi connectivity index (χ1) is 20.4. The summed E-state index contributed by atoms with van der Waals surface area (Å²) in [6.07, 6.45) is 28.2. The fourth-order valence-electron chi connectivity index (χ4n) is 5.26. The lowest BCUT2D eigenvalue weighted by Gasteiger charge is -2.14. The highest BCUT2D eigenvalue weighted by molar-refractivity contribution is 5.57. The van der Waals surface area contributed by atoms with Crippen LogP contribution in [0, 0.1) is 0 Å². The summed E-state index contributed by atoms with van der Waals surface area (Å²) in [7, 11) is 0. The molecule has 3 aromatic rings. The molecule has 2 aliphatic rings. The van der Waals surface area contributed by atoms with Gasteiger partial charge in [-0.1, -0.05) is 36.4 Å². The third kappa shape index (κ3) is 8.42. The third-order valence-electron chi connectivity index (χ3n) is 7.50. The Bertz CT molecular complexity index is 1110. The van der Waals surface area contributed by atoms with Crippen molar-refractivity contribution < 1.29 is 23.5 Å². The van der Waals surface area contributed by atoms with Gasteiger partial charge in [0.15, 0.2) is 23.0 Å². The SMILES string of the molecule is C1=C\CCCCOc2cccc3c2-[n+]2ccn(c2)-c2c(cccc2OCCCC/C=C\CCCCO3)OCCCC/1. The summed E-state index contributed by atoms with van der Waals surface area (Å²) >= 11 is 0. The molecule has 0 fully saturated rings. The van der Waals surface area contributed by atoms with Crippen LogP contribution in [0.3, 0.4) is 0 Å². The molecular formula is C35H45N2O4+. The maximum absolute atomic E-state index is 6.38. The molecule has 218 valence electrons. The zero-order valence-corrected chi connectivity index (χ0v) is 24.3. The van der Waals surface area contributed by atoms with Crippen molar-refractivity contribution in [2.75, 3.05) is 26.4 Å². The number of ether oxygens (including phenoxy) is 4. The highest BCUT2D eigenvalue weighted by Gasteiger charge is 2.23. The van der Waals surface area contributed by atoms with Crippen molar-refractivity contribution in [2.45, 2.75) is 77.0 Å². The first-order valence-electron chi connectivity index (χ1n) is 15.6. The molecule has 3 heterocycles. The topological polar surface area (TPSA) is 45.7 Å². The Balaban J connectivity index is 1.54. The average Bonchev–Trinajstić information content (AvgIpc) is 3.46. The van der Waals surface area contributed by atoms with Gasteiger partial charge in [0.1, 0.15) is 12.4 Å². The highest BCUT2D eigenvalue weighted by Crippen LogP contribution is 2.34. The van der Waals surface area contributed by atoms with Gasteiger partial charge < -0.3 is 18.9 Å². The van der Waals surface area contributed by atoms with Crippen LogP contribution in [0.1, 0.15) is 77.0 Å². The maximum atomic E-state index is 6.38. The van der Waals surface area contributed by atoms with Crippen LogP contribution in [0.25, 0.3) is 11.4 Å². The predicted molar refractivity (Wildman–Crippen MR) is 163 cm³/mol. The third-order valence-corrected chi connectivity index (χ3v) is 7.50. The maximum Gasteiger partial charge on any atom is 0.254 e. The van der Waals surface area contributed by atoms with Crippen LogP contribution in [0.15, 0.2) is 79.4 Å².